The van der Waals surface area contributed by atoms with Gasteiger partial charge in [0.25, 0.3) is 0 Å². The summed E-state index contributed by atoms with van der Waals surface area (Å²) in [6.07, 6.45) is 4.47. The molecule has 4 rings (SSSR count). The summed E-state index contributed by atoms with van der Waals surface area (Å²) in [5, 5.41) is 0. The number of pyridine rings is 2. The Bertz CT molecular complexity index is 1180. The maximum atomic E-state index is 12.8. The van der Waals surface area contributed by atoms with Gasteiger partial charge in [-0.2, -0.15) is 0 Å². The lowest BCUT2D eigenvalue weighted by Gasteiger charge is -2.40. The molecule has 0 spiro atoms. The molecular formula is C17H11F5N4OS. The highest BCUT2D eigenvalue weighted by atomic mass is 32.5. The van der Waals surface area contributed by atoms with E-state index in [0.717, 1.165) is 12.1 Å². The predicted octanol–water partition coefficient (Wildman–Crippen LogP) is 6.47. The number of imidazole rings is 1. The lowest BCUT2D eigenvalue weighted by molar-refractivity contribution is 0.363. The van der Waals surface area contributed by atoms with Gasteiger partial charge < -0.3 is 9.72 Å². The predicted molar refractivity (Wildman–Crippen MR) is 95.0 cm³/mol. The highest BCUT2D eigenvalue weighted by Gasteiger charge is 2.65. The lowest BCUT2D eigenvalue weighted by Crippen LogP contribution is -2.05. The van der Waals surface area contributed by atoms with Crippen LogP contribution in [0.25, 0.3) is 22.3 Å². The number of nitrogens with zero attached hydrogens (tertiary/aromatic N) is 3. The molecule has 1 aromatic carbocycles. The molecule has 0 fully saturated rings. The van der Waals surface area contributed by atoms with Crippen molar-refractivity contribution in [3.63, 3.8) is 0 Å². The zero-order valence-electron chi connectivity index (χ0n) is 13.8. The number of fused-ring (bicyclic) bond motifs is 1. The first-order valence-corrected chi connectivity index (χ1v) is 9.71. The zero-order chi connectivity index (χ0) is 20.1. The van der Waals surface area contributed by atoms with Crippen molar-refractivity contribution in [2.24, 2.45) is 0 Å². The number of rotatable bonds is 4. The van der Waals surface area contributed by atoms with E-state index in [1.807, 2.05) is 0 Å². The van der Waals surface area contributed by atoms with E-state index in [9.17, 15) is 19.4 Å². The SMILES string of the molecule is FS(F)(F)(F)(F)c1ccc(Oc2ncccc2-c2cnc3nc[nH]c3c2)cc1. The Balaban J connectivity index is 1.68. The molecule has 0 aliphatic heterocycles. The number of ether oxygens (including phenoxy) is 1. The highest BCUT2D eigenvalue weighted by Crippen LogP contribution is 3.02. The molecule has 3 aromatic heterocycles. The number of H-pyrrole nitrogens is 1. The maximum absolute atomic E-state index is 12.8. The van der Waals surface area contributed by atoms with Gasteiger partial charge in [-0.15, -0.1) is 0 Å². The molecule has 0 saturated carbocycles. The van der Waals surface area contributed by atoms with E-state index in [2.05, 4.69) is 19.9 Å². The van der Waals surface area contributed by atoms with Crippen molar-refractivity contribution in [1.29, 1.82) is 0 Å². The molecule has 0 atom stereocenters. The zero-order valence-corrected chi connectivity index (χ0v) is 14.6. The first-order chi connectivity index (χ1) is 13.0. The summed E-state index contributed by atoms with van der Waals surface area (Å²) in [5.41, 5.74) is 2.33. The third-order valence-electron chi connectivity index (χ3n) is 3.84. The van der Waals surface area contributed by atoms with Gasteiger partial charge in [-0.1, -0.05) is 19.4 Å². The molecule has 0 amide bonds. The lowest BCUT2D eigenvalue weighted by atomic mass is 10.1. The summed E-state index contributed by atoms with van der Waals surface area (Å²) in [6.45, 7) is 0. The number of nitrogens with one attached hydrogen (secondary N) is 1. The maximum Gasteiger partial charge on any atom is 0.310 e. The second-order valence-corrected chi connectivity index (χ2v) is 8.31. The fourth-order valence-electron chi connectivity index (χ4n) is 2.55. The summed E-state index contributed by atoms with van der Waals surface area (Å²) in [7, 11) is -9.73. The van der Waals surface area contributed by atoms with Crippen LogP contribution < -0.4 is 4.74 Å². The highest BCUT2D eigenvalue weighted by molar-refractivity contribution is 8.45. The molecular weight excluding hydrogens is 403 g/mol. The van der Waals surface area contributed by atoms with Gasteiger partial charge in [-0.3, -0.25) is 0 Å². The van der Waals surface area contributed by atoms with Crippen LogP contribution in [0.2, 0.25) is 0 Å². The number of aromatic amines is 1. The standard InChI is InChI=1S/C17H11F5N4OS/c18-28(19,20,21,22)13-5-3-12(4-6-13)27-17-14(2-1-7-23-17)11-8-15-16(24-9-11)26-10-25-15/h1-10H,(H,24,25,26). The second kappa shape index (κ2) is 5.41. The Morgan fingerprint density at radius 2 is 1.64 bits per heavy atom. The molecule has 4 aromatic rings. The van der Waals surface area contributed by atoms with E-state index in [-0.39, 0.29) is 23.8 Å². The van der Waals surface area contributed by atoms with Gasteiger partial charge in [0.05, 0.1) is 11.8 Å². The van der Waals surface area contributed by atoms with E-state index < -0.39 is 15.1 Å². The third kappa shape index (κ3) is 3.60. The largest absolute Gasteiger partial charge is 0.438 e. The number of halogens is 5. The average molecular weight is 414 g/mol. The molecule has 0 radical (unpaired) electrons. The molecule has 0 aliphatic carbocycles. The topological polar surface area (TPSA) is 63.7 Å². The van der Waals surface area contributed by atoms with Gasteiger partial charge >= 0.3 is 10.2 Å². The Kier molecular flexibility index (Phi) is 3.51. The third-order valence-corrected chi connectivity index (χ3v) is 5.00. The molecule has 0 bridgehead atoms. The van der Waals surface area contributed by atoms with E-state index >= 15 is 0 Å². The van der Waals surface area contributed by atoms with E-state index in [0.29, 0.717) is 22.3 Å². The summed E-state index contributed by atoms with van der Waals surface area (Å²) in [4.78, 5) is 13.2. The smallest absolute Gasteiger partial charge is 0.310 e. The number of aromatic nitrogens is 4. The molecule has 1 N–H and O–H groups in total. The quantitative estimate of drug-likeness (QED) is 0.389. The summed E-state index contributed by atoms with van der Waals surface area (Å²) in [5.74, 6) is 0.0179. The Labute approximate surface area is 155 Å². The van der Waals surface area contributed by atoms with Gasteiger partial charge in [0.2, 0.25) is 5.88 Å². The number of benzene rings is 1. The van der Waals surface area contributed by atoms with Crippen molar-refractivity contribution in [3.8, 4) is 22.8 Å². The van der Waals surface area contributed by atoms with Crippen molar-refractivity contribution in [2.45, 2.75) is 4.90 Å². The van der Waals surface area contributed by atoms with Crippen LogP contribution >= 0.6 is 10.2 Å². The van der Waals surface area contributed by atoms with Crippen LogP contribution in [-0.2, 0) is 0 Å². The minimum atomic E-state index is -9.73. The van der Waals surface area contributed by atoms with Gasteiger partial charge in [-0.25, -0.2) is 15.0 Å². The Hall–Kier alpha value is -3.21. The fraction of sp³-hybridized carbons (Fsp3) is 0. The first-order valence-electron chi connectivity index (χ1n) is 7.76. The van der Waals surface area contributed by atoms with E-state index in [1.165, 1.54) is 12.5 Å². The molecule has 28 heavy (non-hydrogen) atoms. The molecule has 0 aliphatic rings. The van der Waals surface area contributed by atoms with Gasteiger partial charge in [0.1, 0.15) is 10.6 Å². The van der Waals surface area contributed by atoms with Crippen LogP contribution in [0, 0.1) is 0 Å². The summed E-state index contributed by atoms with van der Waals surface area (Å²) < 4.78 is 69.6. The first kappa shape index (κ1) is 18.2. The van der Waals surface area contributed by atoms with Crippen LogP contribution in [-0.4, -0.2) is 19.9 Å². The monoisotopic (exact) mass is 414 g/mol. The normalized spacial score (nSPS) is 14.5. The van der Waals surface area contributed by atoms with Crippen molar-refractivity contribution in [2.75, 3.05) is 0 Å². The minimum absolute atomic E-state index is 0.0684. The van der Waals surface area contributed by atoms with Crippen molar-refractivity contribution >= 4 is 21.4 Å². The van der Waals surface area contributed by atoms with Gasteiger partial charge in [-0.05, 0) is 42.5 Å². The van der Waals surface area contributed by atoms with Crippen molar-refractivity contribution in [3.05, 3.63) is 61.2 Å². The van der Waals surface area contributed by atoms with Crippen molar-refractivity contribution < 1.29 is 24.2 Å². The van der Waals surface area contributed by atoms with Crippen LogP contribution in [0.1, 0.15) is 0 Å². The molecule has 146 valence electrons. The van der Waals surface area contributed by atoms with Crippen molar-refractivity contribution in [1.82, 2.24) is 19.9 Å². The van der Waals surface area contributed by atoms with E-state index in [1.54, 1.807) is 24.4 Å². The Morgan fingerprint density at radius 3 is 2.36 bits per heavy atom. The van der Waals surface area contributed by atoms with Crippen LogP contribution in [0.15, 0.2) is 66.1 Å². The van der Waals surface area contributed by atoms with Crippen LogP contribution in [0.3, 0.4) is 0 Å². The molecule has 3 heterocycles. The minimum Gasteiger partial charge on any atom is -0.438 e. The molecule has 0 unspecified atom stereocenters. The summed E-state index contributed by atoms with van der Waals surface area (Å²) in [6, 6.07) is 7.32. The van der Waals surface area contributed by atoms with Crippen LogP contribution in [0.4, 0.5) is 19.4 Å². The molecule has 5 nitrogen and oxygen atoms in total. The Morgan fingerprint density at radius 1 is 0.893 bits per heavy atom. The average Bonchev–Trinajstić information content (AvgIpc) is 3.08. The van der Waals surface area contributed by atoms with Gasteiger partial charge in [0.15, 0.2) is 5.65 Å². The second-order valence-electron chi connectivity index (χ2n) is 5.90. The summed E-state index contributed by atoms with van der Waals surface area (Å²) >= 11 is 0. The molecule has 0 saturated heterocycles. The number of hydrogen-bond acceptors (Lipinski definition) is 4. The van der Waals surface area contributed by atoms with E-state index in [4.69, 9.17) is 4.74 Å². The van der Waals surface area contributed by atoms with Crippen LogP contribution in [0.5, 0.6) is 11.6 Å². The fourth-order valence-corrected chi connectivity index (χ4v) is 3.20. The molecule has 11 heteroatoms. The number of hydrogen-bond donors (Lipinski definition) is 1. The van der Waals surface area contributed by atoms with Gasteiger partial charge in [0, 0.05) is 23.5 Å².